The fourth-order valence-electron chi connectivity index (χ4n) is 1.45. The normalized spacial score (nSPS) is 14.6. The molecule has 0 amide bonds. The Bertz CT molecular complexity index is 476. The molecule has 1 heterocycles. The highest BCUT2D eigenvalue weighted by molar-refractivity contribution is 5.15. The Morgan fingerprint density at radius 2 is 2.17 bits per heavy atom. The van der Waals surface area contributed by atoms with Crippen molar-refractivity contribution in [2.24, 2.45) is 0 Å². The molecule has 0 N–H and O–H groups in total. The molecule has 1 aromatic rings. The number of alkyl halides is 3. The van der Waals surface area contributed by atoms with Crippen LogP contribution in [0.5, 0.6) is 0 Å². The molecule has 1 rings (SSSR count). The minimum absolute atomic E-state index is 0.156. The maximum atomic E-state index is 12.2. The van der Waals surface area contributed by atoms with E-state index in [0.29, 0.717) is 5.69 Å². The first-order chi connectivity index (χ1) is 8.30. The fraction of sp³-hybridized carbons (Fsp3) is 0.545. The summed E-state index contributed by atoms with van der Waals surface area (Å²) in [5.74, 6) is 0. The predicted octanol–water partition coefficient (Wildman–Crippen LogP) is 2.72. The van der Waals surface area contributed by atoms with Crippen LogP contribution in [0.1, 0.15) is 18.5 Å². The van der Waals surface area contributed by atoms with Crippen LogP contribution in [-0.4, -0.2) is 21.5 Å². The fourth-order valence-corrected chi connectivity index (χ4v) is 1.45. The summed E-state index contributed by atoms with van der Waals surface area (Å²) in [5, 5.41) is 12.9. The van der Waals surface area contributed by atoms with Gasteiger partial charge >= 0.3 is 11.7 Å². The van der Waals surface area contributed by atoms with Crippen LogP contribution in [0.25, 0.3) is 4.85 Å². The zero-order valence-corrected chi connectivity index (χ0v) is 9.70. The summed E-state index contributed by atoms with van der Waals surface area (Å²) in [6.45, 7) is 8.53. The van der Waals surface area contributed by atoms with Crippen molar-refractivity contribution in [1.82, 2.24) is 9.78 Å². The van der Waals surface area contributed by atoms with E-state index in [9.17, 15) is 13.2 Å². The minimum Gasteiger partial charge on any atom is -0.292 e. The number of nitrogens with zero attached hydrogens (tertiary/aromatic N) is 4. The second kappa shape index (κ2) is 5.09. The molecular formula is C11H11F3N4. The molecule has 0 bridgehead atoms. The van der Waals surface area contributed by atoms with E-state index >= 15 is 0 Å². The van der Waals surface area contributed by atoms with Gasteiger partial charge in [0.1, 0.15) is 6.54 Å². The number of hydrogen-bond acceptors (Lipinski definition) is 2. The first-order valence-corrected chi connectivity index (χ1v) is 5.17. The predicted molar refractivity (Wildman–Crippen MR) is 57.2 cm³/mol. The lowest BCUT2D eigenvalue weighted by atomic mass is 9.96. The van der Waals surface area contributed by atoms with Gasteiger partial charge in [0.05, 0.1) is 18.5 Å². The molecule has 0 aliphatic carbocycles. The maximum Gasteiger partial charge on any atom is 0.389 e. The van der Waals surface area contributed by atoms with Gasteiger partial charge in [0.15, 0.2) is 6.07 Å². The summed E-state index contributed by atoms with van der Waals surface area (Å²) in [7, 11) is 0. The van der Waals surface area contributed by atoms with Crippen molar-refractivity contribution in [1.29, 1.82) is 5.26 Å². The smallest absolute Gasteiger partial charge is 0.292 e. The SMILES string of the molecule is [C-]#[N+]C(C#N)(CCC(F)(F)F)Cn1ccc(C)n1. The summed E-state index contributed by atoms with van der Waals surface area (Å²) < 4.78 is 37.8. The molecule has 0 fully saturated rings. The van der Waals surface area contributed by atoms with Gasteiger partial charge < -0.3 is 0 Å². The minimum atomic E-state index is -4.37. The molecule has 1 aromatic heterocycles. The van der Waals surface area contributed by atoms with E-state index in [2.05, 4.69) is 9.94 Å². The topological polar surface area (TPSA) is 46.0 Å². The number of aryl methyl sites for hydroxylation is 1. The van der Waals surface area contributed by atoms with Crippen LogP contribution in [-0.2, 0) is 6.54 Å². The number of rotatable bonds is 4. The number of hydrogen-bond donors (Lipinski definition) is 0. The van der Waals surface area contributed by atoms with Gasteiger partial charge in [-0.2, -0.15) is 23.5 Å². The molecule has 0 saturated heterocycles. The van der Waals surface area contributed by atoms with Crippen molar-refractivity contribution in [2.45, 2.75) is 38.0 Å². The Balaban J connectivity index is 2.82. The van der Waals surface area contributed by atoms with E-state index in [-0.39, 0.29) is 6.54 Å². The van der Waals surface area contributed by atoms with Crippen LogP contribution in [0.15, 0.2) is 12.3 Å². The highest BCUT2D eigenvalue weighted by Gasteiger charge is 2.42. The molecule has 0 spiro atoms. The molecule has 1 unspecified atom stereocenters. The summed E-state index contributed by atoms with van der Waals surface area (Å²) in [4.78, 5) is 3.07. The molecule has 0 aliphatic rings. The second-order valence-corrected chi connectivity index (χ2v) is 4.03. The Hall–Kier alpha value is -2.02. The second-order valence-electron chi connectivity index (χ2n) is 4.03. The Kier molecular flexibility index (Phi) is 3.97. The number of nitriles is 1. The highest BCUT2D eigenvalue weighted by atomic mass is 19.4. The molecule has 96 valence electrons. The van der Waals surface area contributed by atoms with Crippen LogP contribution < -0.4 is 0 Å². The molecule has 1 atom stereocenters. The lowest BCUT2D eigenvalue weighted by Gasteiger charge is -2.15. The van der Waals surface area contributed by atoms with Gasteiger partial charge in [-0.15, -0.1) is 0 Å². The third-order valence-corrected chi connectivity index (χ3v) is 2.44. The van der Waals surface area contributed by atoms with Crippen molar-refractivity contribution in [3.05, 3.63) is 29.4 Å². The van der Waals surface area contributed by atoms with Crippen molar-refractivity contribution >= 4 is 0 Å². The largest absolute Gasteiger partial charge is 0.389 e. The molecule has 0 radical (unpaired) electrons. The average Bonchev–Trinajstić information content (AvgIpc) is 2.69. The van der Waals surface area contributed by atoms with E-state index in [1.807, 2.05) is 0 Å². The van der Waals surface area contributed by atoms with Gasteiger partial charge in [0.25, 0.3) is 0 Å². The molecule has 4 nitrogen and oxygen atoms in total. The van der Waals surface area contributed by atoms with Crippen molar-refractivity contribution < 1.29 is 13.2 Å². The summed E-state index contributed by atoms with van der Waals surface area (Å²) in [5.41, 5.74) is -1.03. The first kappa shape index (κ1) is 14.0. The van der Waals surface area contributed by atoms with Gasteiger partial charge in [-0.3, -0.25) is 9.53 Å². The molecule has 0 saturated carbocycles. The van der Waals surface area contributed by atoms with Crippen molar-refractivity contribution in [3.63, 3.8) is 0 Å². The number of aromatic nitrogens is 2. The van der Waals surface area contributed by atoms with Gasteiger partial charge in [-0.05, 0) is 13.0 Å². The van der Waals surface area contributed by atoms with Crippen molar-refractivity contribution in [3.8, 4) is 6.07 Å². The van der Waals surface area contributed by atoms with Gasteiger partial charge in [0, 0.05) is 6.20 Å². The molecule has 18 heavy (non-hydrogen) atoms. The van der Waals surface area contributed by atoms with E-state index in [4.69, 9.17) is 11.8 Å². The molecule has 0 aromatic carbocycles. The van der Waals surface area contributed by atoms with Gasteiger partial charge in [0.2, 0.25) is 0 Å². The Morgan fingerprint density at radius 3 is 2.56 bits per heavy atom. The summed E-state index contributed by atoms with van der Waals surface area (Å²) >= 11 is 0. The molecule has 0 aliphatic heterocycles. The third-order valence-electron chi connectivity index (χ3n) is 2.44. The average molecular weight is 256 g/mol. The van der Waals surface area contributed by atoms with E-state index in [1.54, 1.807) is 25.3 Å². The van der Waals surface area contributed by atoms with Crippen LogP contribution in [0.2, 0.25) is 0 Å². The molecule has 7 heteroatoms. The first-order valence-electron chi connectivity index (χ1n) is 5.17. The summed E-state index contributed by atoms with van der Waals surface area (Å²) in [6.07, 6.45) is -4.52. The lowest BCUT2D eigenvalue weighted by Crippen LogP contribution is -2.31. The van der Waals surface area contributed by atoms with Crippen LogP contribution in [0.3, 0.4) is 0 Å². The Labute approximate surface area is 102 Å². The van der Waals surface area contributed by atoms with E-state index < -0.39 is 24.6 Å². The zero-order chi connectivity index (χ0) is 13.8. The summed E-state index contributed by atoms with van der Waals surface area (Å²) in [6, 6.07) is 3.34. The van der Waals surface area contributed by atoms with Crippen LogP contribution in [0, 0.1) is 24.8 Å². The third kappa shape index (κ3) is 3.77. The standard InChI is InChI=1S/C11H11F3N4/c1-9-3-6-18(17-9)8-10(7-15,16-2)4-5-11(12,13)14/h3,6H,4-5,8H2,1H3. The Morgan fingerprint density at radius 1 is 1.50 bits per heavy atom. The van der Waals surface area contributed by atoms with Gasteiger partial charge in [-0.25, -0.2) is 6.57 Å². The highest BCUT2D eigenvalue weighted by Crippen LogP contribution is 2.28. The maximum absolute atomic E-state index is 12.2. The van der Waals surface area contributed by atoms with Gasteiger partial charge in [-0.1, -0.05) is 0 Å². The van der Waals surface area contributed by atoms with E-state index in [0.717, 1.165) is 0 Å². The monoisotopic (exact) mass is 256 g/mol. The van der Waals surface area contributed by atoms with Crippen LogP contribution >= 0.6 is 0 Å². The van der Waals surface area contributed by atoms with Crippen molar-refractivity contribution in [2.75, 3.05) is 0 Å². The quantitative estimate of drug-likeness (QED) is 0.777. The number of halogens is 3. The van der Waals surface area contributed by atoms with Crippen LogP contribution in [0.4, 0.5) is 13.2 Å². The zero-order valence-electron chi connectivity index (χ0n) is 9.70. The van der Waals surface area contributed by atoms with E-state index in [1.165, 1.54) is 4.68 Å². The lowest BCUT2D eigenvalue weighted by molar-refractivity contribution is -0.137. The molecular weight excluding hydrogens is 245 g/mol.